The Morgan fingerprint density at radius 1 is 0.705 bits per heavy atom. The molecule has 9 rings (SSSR count). The largest absolute Gasteiger partial charge is 0.481 e. The minimum Gasteiger partial charge on any atom is -0.481 e. The van der Waals surface area contributed by atoms with E-state index in [9.17, 15) is 93.0 Å². The number of anilines is 2. The number of guanidine groups is 1. The molecule has 6 saturated heterocycles. The molecule has 0 radical (unpaired) electrons. The number of rotatable bonds is 46. The van der Waals surface area contributed by atoms with Gasteiger partial charge in [-0.2, -0.15) is 4.98 Å². The van der Waals surface area contributed by atoms with E-state index in [1.54, 1.807) is 21.6 Å². The van der Waals surface area contributed by atoms with E-state index in [2.05, 4.69) is 109 Å². The molecule has 0 bridgehead atoms. The summed E-state index contributed by atoms with van der Waals surface area (Å²) in [5.41, 5.74) is 15.6. The highest BCUT2D eigenvalue weighted by Crippen LogP contribution is 2.57. The van der Waals surface area contributed by atoms with Gasteiger partial charge in [0, 0.05) is 92.7 Å². The summed E-state index contributed by atoms with van der Waals surface area (Å²) < 4.78 is 53.7. The minimum atomic E-state index is -1.82. The third-order valence-corrected chi connectivity index (χ3v) is 28.3. The molecule has 25 atom stereocenters. The van der Waals surface area contributed by atoms with Gasteiger partial charge in [-0.05, 0) is 133 Å². The smallest absolute Gasteiger partial charge is 0.326 e. The van der Waals surface area contributed by atoms with E-state index >= 15 is 0 Å². The summed E-state index contributed by atoms with van der Waals surface area (Å²) in [6.45, 7) is 25.4. The van der Waals surface area contributed by atoms with Crippen LogP contribution in [0.2, 0.25) is 0 Å². The molecule has 718 valence electrons. The van der Waals surface area contributed by atoms with Gasteiger partial charge in [0.15, 0.2) is 40.3 Å². The Morgan fingerprint density at radius 3 is 1.99 bits per heavy atom. The molecule has 6 fully saturated rings. The molecule has 3 aromatic rings. The zero-order valence-electron chi connectivity index (χ0n) is 75.8. The zero-order chi connectivity index (χ0) is 95.3. The molecule has 1 aromatic carbocycles. The van der Waals surface area contributed by atoms with Crippen LogP contribution in [0.5, 0.6) is 0 Å². The van der Waals surface area contributed by atoms with Crippen LogP contribution in [0.25, 0.3) is 11.2 Å². The first-order valence-corrected chi connectivity index (χ1v) is 46.9. The lowest BCUT2D eigenvalue weighted by Crippen LogP contribution is -2.58. The molecule has 0 aliphatic carbocycles. The number of benzene rings is 1. The van der Waals surface area contributed by atoms with Gasteiger partial charge in [-0.15, -0.1) is 0 Å². The molecule has 17 N–H and O–H groups in total. The number of methoxy groups -OCH3 is 1. The Kier molecular flexibility index (Phi) is 38.6. The second-order valence-corrected chi connectivity index (χ2v) is 38.9. The van der Waals surface area contributed by atoms with E-state index < -0.39 is 180 Å². The number of carbonyl (C=O) groups excluding carboxylic acids is 7. The maximum absolute atomic E-state index is 13.8. The monoisotopic (exact) mass is 1850 g/mol. The van der Waals surface area contributed by atoms with E-state index in [0.717, 1.165) is 76.2 Å². The van der Waals surface area contributed by atoms with Gasteiger partial charge >= 0.3 is 35.8 Å². The minimum absolute atomic E-state index is 0.0213. The van der Waals surface area contributed by atoms with Crippen molar-refractivity contribution in [3.8, 4) is 0 Å². The molecule has 2 unspecified atom stereocenters. The number of Topliss-reactive ketones (excluding diaryl/α,β-unsaturated/α-hetero) is 3. The fraction of sp³-hybridized carbons (Fsp3) is 0.716. The number of nitrogen functional groups attached to an aromatic ring is 1. The molecule has 8 heterocycles. The van der Waals surface area contributed by atoms with Gasteiger partial charge in [-0.3, -0.25) is 67.5 Å². The van der Waals surface area contributed by atoms with E-state index in [1.807, 2.05) is 21.0 Å². The number of aromatic amines is 1. The first-order chi connectivity index (χ1) is 60.7. The van der Waals surface area contributed by atoms with E-state index in [0.29, 0.717) is 36.2 Å². The van der Waals surface area contributed by atoms with Crippen LogP contribution in [-0.2, 0) is 97.2 Å². The van der Waals surface area contributed by atoms with Crippen molar-refractivity contribution in [1.29, 1.82) is 0 Å². The van der Waals surface area contributed by atoms with Crippen molar-refractivity contribution in [1.82, 2.24) is 35.9 Å². The van der Waals surface area contributed by atoms with Crippen molar-refractivity contribution in [3.63, 3.8) is 0 Å². The van der Waals surface area contributed by atoms with Crippen LogP contribution in [0.15, 0.2) is 40.2 Å². The van der Waals surface area contributed by atoms with Crippen molar-refractivity contribution < 1.29 is 126 Å². The number of aliphatic hydroxyl groups is 1. The Labute approximate surface area is 757 Å². The molecule has 3 amide bonds. The van der Waals surface area contributed by atoms with Crippen LogP contribution in [0.4, 0.5) is 11.6 Å². The highest BCUT2D eigenvalue weighted by Gasteiger charge is 2.65. The molecular weight excluding hydrogens is 1720 g/mol. The number of aliphatic carboxylic acids is 5. The summed E-state index contributed by atoms with van der Waals surface area (Å²) in [7, 11) is 5.34. The number of esters is 1. The van der Waals surface area contributed by atoms with Crippen molar-refractivity contribution in [3.05, 3.63) is 52.1 Å². The highest BCUT2D eigenvalue weighted by molar-refractivity contribution is 8.76. The number of hydrogen-bond acceptors (Lipinski definition) is 30. The summed E-state index contributed by atoms with van der Waals surface area (Å²) in [5.74, 6) is -18.5. The number of amides is 3. The van der Waals surface area contributed by atoms with Crippen molar-refractivity contribution in [2.24, 2.45) is 75.6 Å². The summed E-state index contributed by atoms with van der Waals surface area (Å²) >= 11 is 0. The van der Waals surface area contributed by atoms with Crippen LogP contribution < -0.4 is 44.0 Å². The molecule has 41 heteroatoms. The van der Waals surface area contributed by atoms with Gasteiger partial charge in [0.05, 0.1) is 133 Å². The fourth-order valence-electron chi connectivity index (χ4n) is 18.8. The quantitative estimate of drug-likeness (QED) is 0.00878. The third-order valence-electron chi connectivity index (χ3n) is 25.9. The van der Waals surface area contributed by atoms with Gasteiger partial charge in [-0.1, -0.05) is 83.9 Å². The number of fused-ring (bicyclic) bond motifs is 1. The molecule has 6 aliphatic rings. The van der Waals surface area contributed by atoms with Crippen LogP contribution in [-0.4, -0.2) is 249 Å². The van der Waals surface area contributed by atoms with Crippen LogP contribution in [0.3, 0.4) is 0 Å². The van der Waals surface area contributed by atoms with E-state index in [1.165, 1.54) is 30.5 Å². The predicted octanol–water partition coefficient (Wildman–Crippen LogP) is 7.13. The van der Waals surface area contributed by atoms with Crippen LogP contribution >= 0.6 is 21.6 Å². The average molecular weight is 1850 g/mol. The Bertz CT molecular complexity index is 4510. The predicted molar refractivity (Wildman–Crippen MR) is 473 cm³/mol. The standard InChI is InChI=1S/C45H78O10S2.C43H54N12O17/c1-13-44(47)29(6)21-27(4)39(54-44)36-22-28(5)40(51-36)42(10)18-17-37(53-42)43(11)25-30(7)45(55-43)32(9)35(48-12)24-34(52-45)23-33-16-15-26(3)38(50-33)31(8)41(46)49-19-20-57-56-14-2;1-19(40(69)70)11-29(57)28(16-33(63)64)53-38(67)22(15-32(61)62)13-30(58)26(3-2-10-47-42(44)45)51-37(66)21(14-31(59)60)12-25(56)8-9-27(41(71)72)52-36(65)20-4-6-23(7-5-20)48-17-24-18-49-35-34(50-24)39(68)55-43(46)54-35/h26-40,47H,13-25H2,1-12H3;4-7,18-19,21-22,26-28,48H,2-3,8-17H2,1H3,(H,51,66)(H,52,65)(H,53,67)(H,59,60)(H,61,62)(H,63,64)(H,69,70)(H,71,72)(H4,44,45,47)(H3,46,49,54,55,68)/t26-,27-,28-,29+,30+,31+,32+,33+,34+,35+,36+,37?,38?,39+,40+,42-,43+,44-,45+;19-,21+,22+,26+,27+,28+/m01/s1. The maximum Gasteiger partial charge on any atom is 0.326 e. The Morgan fingerprint density at radius 2 is 1.36 bits per heavy atom. The van der Waals surface area contributed by atoms with Gasteiger partial charge in [0.2, 0.25) is 17.8 Å². The van der Waals surface area contributed by atoms with E-state index in [4.69, 9.17) is 55.1 Å². The number of H-pyrrole nitrogens is 1. The third kappa shape index (κ3) is 28.7. The number of carboxylic acids is 5. The second-order valence-electron chi connectivity index (χ2n) is 36.0. The maximum atomic E-state index is 13.8. The van der Waals surface area contributed by atoms with Gasteiger partial charge < -0.3 is 107 Å². The molecule has 1 spiro atoms. The normalized spacial score (nSPS) is 29.4. The Balaban J connectivity index is 0.000000326. The number of nitrogens with zero attached hydrogens (tertiary/aromatic N) is 4. The van der Waals surface area contributed by atoms with Crippen molar-refractivity contribution >= 4 is 121 Å². The second kappa shape index (κ2) is 47.3. The topological polar surface area (TPSA) is 610 Å². The first-order valence-electron chi connectivity index (χ1n) is 44.5. The number of nitrogens with two attached hydrogens (primary N) is 3. The number of nitrogens with one attached hydrogen (secondary N) is 5. The number of ether oxygens (including phenoxy) is 8. The van der Waals surface area contributed by atoms with Gasteiger partial charge in [-0.25, -0.2) is 14.8 Å². The van der Waals surface area contributed by atoms with Crippen LogP contribution in [0, 0.1) is 59.2 Å². The zero-order valence-corrected chi connectivity index (χ0v) is 77.4. The summed E-state index contributed by atoms with van der Waals surface area (Å²) in [6.07, 6.45) is 2.14. The number of carboxylic acid groups (broad SMARTS) is 5. The lowest BCUT2D eigenvalue weighted by molar-refractivity contribution is -0.353. The van der Waals surface area contributed by atoms with Crippen molar-refractivity contribution in [2.45, 2.75) is 308 Å². The summed E-state index contributed by atoms with van der Waals surface area (Å²) in [5, 5.41) is 68.6. The van der Waals surface area contributed by atoms with Crippen LogP contribution in [0.1, 0.15) is 228 Å². The lowest BCUT2D eigenvalue weighted by Gasteiger charge is -2.50. The van der Waals surface area contributed by atoms with Crippen molar-refractivity contribution in [2.75, 3.05) is 42.8 Å². The average Bonchev–Trinajstić information content (AvgIpc) is 1.56. The molecular formula is C88H132N12O27S2. The molecule has 39 nitrogen and oxygen atoms in total. The molecule has 6 aliphatic heterocycles. The summed E-state index contributed by atoms with van der Waals surface area (Å²) in [6, 6.07) is 0.670. The van der Waals surface area contributed by atoms with E-state index in [-0.39, 0.29) is 139 Å². The number of aliphatic imine (C=N–C) groups is 1. The number of ketones is 3. The highest BCUT2D eigenvalue weighted by atomic mass is 33.1. The SMILES string of the molecule is CCSSCCOC(=O)[C@H](C)C1O[C@@H](C[C@@H]2C[C@@H](OC)[C@@H](C)[C@]3(O2)O[C@@](C)(C2CC[C@@](C)([C@@H]4O[C@@H]([C@@H]5O[C@@](O)(CC)[C@H](C)C[C@@H]5C)C[C@@H]4C)O2)C[C@H]3C)CC[C@@H]1C.C[C@H](CC(=O)[C@H](CC(=O)O)NC(=O)[C@H](CC(=O)O)CC(=O)[C@H](CCCN=C(N)N)NC(=O)[C@H](CC(=O)O)CC(=O)CC[C@H](NC(=O)c1ccc(NCc2cnc3nc(N)[nH]c(=O)c3n2)cc1)C(=O)O)C(=O)O. The first kappa shape index (κ1) is 105. The number of hydrogen-bond donors (Lipinski definition) is 14. The molecule has 2 aromatic heterocycles. The van der Waals surface area contributed by atoms with Gasteiger partial charge in [0.25, 0.3) is 11.5 Å². The lowest BCUT2D eigenvalue weighted by atomic mass is 9.78. The molecule has 0 saturated carbocycles. The van der Waals surface area contributed by atoms with Gasteiger partial charge in [0.1, 0.15) is 18.4 Å². The number of aromatic nitrogens is 4. The summed E-state index contributed by atoms with van der Waals surface area (Å²) in [4.78, 5) is 182. The Hall–Kier alpha value is -9.07. The number of carbonyl (C=O) groups is 12. The fourth-order valence-corrected chi connectivity index (χ4v) is 20.3. The molecule has 129 heavy (non-hydrogen) atoms.